The average molecular weight is 257 g/mol. The molecule has 0 radical (unpaired) electrons. The molecular weight excluding hydrogens is 238 g/mol. The zero-order chi connectivity index (χ0) is 12.7. The summed E-state index contributed by atoms with van der Waals surface area (Å²) in [5.41, 5.74) is 5.62. The summed E-state index contributed by atoms with van der Waals surface area (Å²) in [4.78, 5) is 2.94. The van der Waals surface area contributed by atoms with Gasteiger partial charge in [0, 0.05) is 22.3 Å². The first kappa shape index (κ1) is 11.9. The van der Waals surface area contributed by atoms with Crippen LogP contribution >= 0.6 is 11.3 Å². The third-order valence-corrected chi connectivity index (χ3v) is 4.77. The maximum atomic E-state index is 3.54. The van der Waals surface area contributed by atoms with Crippen molar-refractivity contribution in [2.24, 2.45) is 0 Å². The lowest BCUT2D eigenvalue weighted by Gasteiger charge is -2.19. The Morgan fingerprint density at radius 2 is 1.83 bits per heavy atom. The minimum absolute atomic E-state index is 0.610. The van der Waals surface area contributed by atoms with Crippen molar-refractivity contribution < 1.29 is 0 Å². The molecule has 0 fully saturated rings. The first-order chi connectivity index (χ1) is 8.61. The van der Waals surface area contributed by atoms with E-state index in [2.05, 4.69) is 50.4 Å². The number of nitrogens with one attached hydrogen (secondary N) is 1. The Bertz CT molecular complexity index is 563. The summed E-state index contributed by atoms with van der Waals surface area (Å²) >= 11 is 1.95. The fourth-order valence-corrected chi connectivity index (χ4v) is 3.85. The van der Waals surface area contributed by atoms with Crippen molar-refractivity contribution in [1.82, 2.24) is 5.32 Å². The van der Waals surface area contributed by atoms with Gasteiger partial charge in [0.2, 0.25) is 0 Å². The van der Waals surface area contributed by atoms with Crippen molar-refractivity contribution in [2.75, 3.05) is 0 Å². The average Bonchev–Trinajstić information content (AvgIpc) is 2.70. The van der Waals surface area contributed by atoms with E-state index in [1.807, 2.05) is 11.3 Å². The van der Waals surface area contributed by atoms with Crippen molar-refractivity contribution in [3.63, 3.8) is 0 Å². The molecule has 1 aromatic heterocycles. The Kier molecular flexibility index (Phi) is 3.00. The third kappa shape index (κ3) is 2.23. The zero-order valence-corrected chi connectivity index (χ0v) is 12.0. The molecule has 1 aliphatic heterocycles. The zero-order valence-electron chi connectivity index (χ0n) is 11.2. The molecule has 2 heterocycles. The fraction of sp³-hybridized carbons (Fsp3) is 0.375. The normalized spacial score (nSPS) is 18.7. The molecule has 0 amide bonds. The van der Waals surface area contributed by atoms with Gasteiger partial charge in [0.15, 0.2) is 0 Å². The van der Waals surface area contributed by atoms with E-state index in [9.17, 15) is 0 Å². The highest BCUT2D eigenvalue weighted by Crippen LogP contribution is 2.34. The van der Waals surface area contributed by atoms with Crippen LogP contribution in [0.2, 0.25) is 0 Å². The smallest absolute Gasteiger partial charge is 0.0349 e. The standard InChI is InChI=1S/C16H19NS/c1-10-4-11(2)6-13(5-10)15-8-14-7-12(3)17-9-16(14)18-15/h4-6,8,12,17H,7,9H2,1-3H3. The molecule has 2 aromatic rings. The number of rotatable bonds is 1. The van der Waals surface area contributed by atoms with Crippen LogP contribution in [-0.2, 0) is 13.0 Å². The largest absolute Gasteiger partial charge is 0.309 e. The van der Waals surface area contributed by atoms with E-state index < -0.39 is 0 Å². The lowest BCUT2D eigenvalue weighted by atomic mass is 10.0. The van der Waals surface area contributed by atoms with Crippen LogP contribution in [-0.4, -0.2) is 6.04 Å². The number of benzene rings is 1. The molecule has 1 N–H and O–H groups in total. The lowest BCUT2D eigenvalue weighted by Crippen LogP contribution is -2.31. The van der Waals surface area contributed by atoms with Crippen LogP contribution in [0.3, 0.4) is 0 Å². The Balaban J connectivity index is 2.02. The number of hydrogen-bond donors (Lipinski definition) is 1. The predicted octanol–water partition coefficient (Wildman–Crippen LogP) is 4.07. The van der Waals surface area contributed by atoms with Gasteiger partial charge in [0.1, 0.15) is 0 Å². The number of fused-ring (bicyclic) bond motifs is 1. The summed E-state index contributed by atoms with van der Waals surface area (Å²) in [5, 5.41) is 3.54. The first-order valence-electron chi connectivity index (χ1n) is 6.55. The second-order valence-electron chi connectivity index (χ2n) is 5.42. The van der Waals surface area contributed by atoms with Crippen LogP contribution in [0.5, 0.6) is 0 Å². The molecule has 1 aliphatic rings. The highest BCUT2D eigenvalue weighted by atomic mass is 32.1. The minimum atomic E-state index is 0.610. The summed E-state index contributed by atoms with van der Waals surface area (Å²) in [6, 6.07) is 9.83. The van der Waals surface area contributed by atoms with Crippen molar-refractivity contribution >= 4 is 11.3 Å². The summed E-state index contributed by atoms with van der Waals surface area (Å²) in [6.45, 7) is 7.64. The van der Waals surface area contributed by atoms with Crippen LogP contribution in [0.25, 0.3) is 10.4 Å². The molecule has 18 heavy (non-hydrogen) atoms. The van der Waals surface area contributed by atoms with Crippen LogP contribution < -0.4 is 5.32 Å². The lowest BCUT2D eigenvalue weighted by molar-refractivity contribution is 0.520. The van der Waals surface area contributed by atoms with E-state index in [0.717, 1.165) is 13.0 Å². The van der Waals surface area contributed by atoms with E-state index in [1.165, 1.54) is 26.4 Å². The molecule has 0 bridgehead atoms. The van der Waals surface area contributed by atoms with Gasteiger partial charge in [-0.05, 0) is 44.4 Å². The minimum Gasteiger partial charge on any atom is -0.309 e. The Morgan fingerprint density at radius 1 is 1.11 bits per heavy atom. The first-order valence-corrected chi connectivity index (χ1v) is 7.37. The van der Waals surface area contributed by atoms with E-state index in [-0.39, 0.29) is 0 Å². The highest BCUT2D eigenvalue weighted by Gasteiger charge is 2.18. The molecule has 3 rings (SSSR count). The highest BCUT2D eigenvalue weighted by molar-refractivity contribution is 7.15. The number of aryl methyl sites for hydroxylation is 2. The van der Waals surface area contributed by atoms with Crippen LogP contribution in [0, 0.1) is 13.8 Å². The van der Waals surface area contributed by atoms with Crippen molar-refractivity contribution in [1.29, 1.82) is 0 Å². The molecule has 0 aliphatic carbocycles. The van der Waals surface area contributed by atoms with Crippen LogP contribution in [0.4, 0.5) is 0 Å². The molecule has 94 valence electrons. The molecule has 1 nitrogen and oxygen atoms in total. The summed E-state index contributed by atoms with van der Waals surface area (Å²) in [6.07, 6.45) is 1.16. The van der Waals surface area contributed by atoms with Gasteiger partial charge in [-0.25, -0.2) is 0 Å². The second kappa shape index (κ2) is 4.52. The van der Waals surface area contributed by atoms with Crippen molar-refractivity contribution in [3.8, 4) is 10.4 Å². The Morgan fingerprint density at radius 3 is 2.56 bits per heavy atom. The van der Waals surface area contributed by atoms with Gasteiger partial charge in [-0.15, -0.1) is 11.3 Å². The maximum Gasteiger partial charge on any atom is 0.0349 e. The van der Waals surface area contributed by atoms with Crippen molar-refractivity contribution in [3.05, 3.63) is 45.8 Å². The van der Waals surface area contributed by atoms with E-state index in [0.29, 0.717) is 6.04 Å². The Labute approximate surface area is 113 Å². The monoisotopic (exact) mass is 257 g/mol. The number of hydrogen-bond acceptors (Lipinski definition) is 2. The van der Waals surface area contributed by atoms with Gasteiger partial charge in [-0.1, -0.05) is 29.3 Å². The maximum absolute atomic E-state index is 3.54. The van der Waals surface area contributed by atoms with Gasteiger partial charge in [-0.2, -0.15) is 0 Å². The topological polar surface area (TPSA) is 12.0 Å². The second-order valence-corrected chi connectivity index (χ2v) is 6.56. The fourth-order valence-electron chi connectivity index (χ4n) is 2.72. The van der Waals surface area contributed by atoms with Gasteiger partial charge in [0.05, 0.1) is 0 Å². The third-order valence-electron chi connectivity index (χ3n) is 3.54. The Hall–Kier alpha value is -1.12. The molecule has 1 atom stereocenters. The molecule has 1 unspecified atom stereocenters. The van der Waals surface area contributed by atoms with Crippen molar-refractivity contribution in [2.45, 2.75) is 39.8 Å². The summed E-state index contributed by atoms with van der Waals surface area (Å²) in [7, 11) is 0. The van der Waals surface area contributed by atoms with E-state index >= 15 is 0 Å². The SMILES string of the molecule is Cc1cc(C)cc(-c2cc3c(s2)CNC(C)C3)c1. The van der Waals surface area contributed by atoms with Gasteiger partial charge in [-0.3, -0.25) is 0 Å². The van der Waals surface area contributed by atoms with Gasteiger partial charge >= 0.3 is 0 Å². The molecule has 1 aromatic carbocycles. The number of thiophene rings is 1. The molecule has 0 spiro atoms. The summed E-state index contributed by atoms with van der Waals surface area (Å²) in [5.74, 6) is 0. The molecular formula is C16H19NS. The van der Waals surface area contributed by atoms with E-state index in [4.69, 9.17) is 0 Å². The van der Waals surface area contributed by atoms with Crippen LogP contribution in [0.1, 0.15) is 28.5 Å². The van der Waals surface area contributed by atoms with Gasteiger partial charge < -0.3 is 5.32 Å². The summed E-state index contributed by atoms with van der Waals surface area (Å²) < 4.78 is 0. The predicted molar refractivity (Wildman–Crippen MR) is 79.2 cm³/mol. The van der Waals surface area contributed by atoms with Crippen LogP contribution in [0.15, 0.2) is 24.3 Å². The molecule has 0 saturated heterocycles. The van der Waals surface area contributed by atoms with E-state index in [1.54, 1.807) is 5.56 Å². The molecule has 0 saturated carbocycles. The quantitative estimate of drug-likeness (QED) is 0.812. The molecule has 2 heteroatoms. The van der Waals surface area contributed by atoms with Gasteiger partial charge in [0.25, 0.3) is 0 Å².